The van der Waals surface area contributed by atoms with Crippen LogP contribution in [0.1, 0.15) is 12.5 Å². The van der Waals surface area contributed by atoms with Gasteiger partial charge in [-0.1, -0.05) is 60.1 Å². The van der Waals surface area contributed by atoms with Crippen molar-refractivity contribution in [2.45, 2.75) is 11.8 Å². The summed E-state index contributed by atoms with van der Waals surface area (Å²) in [6, 6.07) is 20.6. The van der Waals surface area contributed by atoms with Gasteiger partial charge in [-0.2, -0.15) is 0 Å². The van der Waals surface area contributed by atoms with Gasteiger partial charge in [0.1, 0.15) is 4.87 Å². The molecule has 0 aromatic heterocycles. The highest BCUT2D eigenvalue weighted by Crippen LogP contribution is 2.32. The van der Waals surface area contributed by atoms with E-state index in [2.05, 4.69) is 5.32 Å². The monoisotopic (exact) mass is 343 g/mol. The number of benzene rings is 3. The molecule has 3 aromatic rings. The molecule has 1 unspecified atom stereocenters. The van der Waals surface area contributed by atoms with E-state index >= 15 is 0 Å². The van der Waals surface area contributed by atoms with Crippen molar-refractivity contribution in [3.63, 3.8) is 0 Å². The van der Waals surface area contributed by atoms with E-state index < -0.39 is 4.87 Å². The fraction of sp³-hybridized carbons (Fsp3) is 0.105. The van der Waals surface area contributed by atoms with E-state index in [0.29, 0.717) is 10.6 Å². The maximum Gasteiger partial charge on any atom is 0.249 e. The zero-order chi connectivity index (χ0) is 16.4. The first-order chi connectivity index (χ1) is 11.0. The zero-order valence-electron chi connectivity index (χ0n) is 12.5. The normalized spacial score (nSPS) is 13.5. The lowest BCUT2D eigenvalue weighted by atomic mass is 9.99. The molecule has 3 aromatic carbocycles. The van der Waals surface area contributed by atoms with E-state index in [-0.39, 0.29) is 5.91 Å². The van der Waals surface area contributed by atoms with Crippen LogP contribution in [0.25, 0.3) is 10.8 Å². The van der Waals surface area contributed by atoms with Gasteiger partial charge in [0.15, 0.2) is 0 Å². The molecule has 0 fully saturated rings. The minimum Gasteiger partial charge on any atom is -0.324 e. The fourth-order valence-corrected chi connectivity index (χ4v) is 2.77. The van der Waals surface area contributed by atoms with Crippen LogP contribution in [0.4, 0.5) is 5.69 Å². The number of amides is 1. The molecular formula is C19H15Cl2NO. The number of anilines is 1. The number of carbonyl (C=O) groups is 1. The molecule has 0 saturated heterocycles. The van der Waals surface area contributed by atoms with Gasteiger partial charge in [-0.05, 0) is 36.1 Å². The highest BCUT2D eigenvalue weighted by atomic mass is 35.5. The Kier molecular flexibility index (Phi) is 4.29. The largest absolute Gasteiger partial charge is 0.324 e. The molecule has 116 valence electrons. The van der Waals surface area contributed by atoms with E-state index in [1.54, 1.807) is 31.2 Å². The van der Waals surface area contributed by atoms with Crippen molar-refractivity contribution >= 4 is 45.6 Å². The Morgan fingerprint density at radius 1 is 0.957 bits per heavy atom. The number of halogens is 2. The van der Waals surface area contributed by atoms with Crippen molar-refractivity contribution in [3.05, 3.63) is 77.3 Å². The van der Waals surface area contributed by atoms with Crippen molar-refractivity contribution in [2.75, 3.05) is 5.32 Å². The molecule has 0 aliphatic carbocycles. The number of rotatable bonds is 3. The van der Waals surface area contributed by atoms with Gasteiger partial charge in [-0.25, -0.2) is 0 Å². The molecule has 4 heteroatoms. The number of alkyl halides is 1. The van der Waals surface area contributed by atoms with E-state index in [1.807, 2.05) is 42.5 Å². The third-order valence-corrected chi connectivity index (χ3v) is 4.49. The standard InChI is InChI=1S/C19H15Cl2NO/c1-19(21,14-9-11-15(20)12-10-14)18(23)22-17-8-4-6-13-5-2-3-7-16(13)17/h2-12H,1H3,(H,22,23). The summed E-state index contributed by atoms with van der Waals surface area (Å²) < 4.78 is 0. The highest BCUT2D eigenvalue weighted by Gasteiger charge is 2.33. The minimum absolute atomic E-state index is 0.280. The van der Waals surface area contributed by atoms with Crippen molar-refractivity contribution in [1.29, 1.82) is 0 Å². The van der Waals surface area contributed by atoms with E-state index in [4.69, 9.17) is 23.2 Å². The molecule has 23 heavy (non-hydrogen) atoms. The van der Waals surface area contributed by atoms with Crippen molar-refractivity contribution in [3.8, 4) is 0 Å². The SMILES string of the molecule is CC(Cl)(C(=O)Nc1cccc2ccccc12)c1ccc(Cl)cc1. The maximum absolute atomic E-state index is 12.7. The van der Waals surface area contributed by atoms with E-state index in [1.165, 1.54) is 0 Å². The zero-order valence-corrected chi connectivity index (χ0v) is 14.0. The molecule has 2 nitrogen and oxygen atoms in total. The van der Waals surface area contributed by atoms with Gasteiger partial charge in [0.25, 0.3) is 0 Å². The first kappa shape index (κ1) is 15.9. The van der Waals surface area contributed by atoms with Crippen LogP contribution in [0.5, 0.6) is 0 Å². The molecule has 0 heterocycles. The summed E-state index contributed by atoms with van der Waals surface area (Å²) in [5.41, 5.74) is 1.44. The third-order valence-electron chi connectivity index (χ3n) is 3.85. The van der Waals surface area contributed by atoms with E-state index in [0.717, 1.165) is 16.5 Å². The van der Waals surface area contributed by atoms with Crippen LogP contribution in [0.15, 0.2) is 66.7 Å². The van der Waals surface area contributed by atoms with Crippen LogP contribution < -0.4 is 5.32 Å². The molecule has 1 amide bonds. The predicted octanol–water partition coefficient (Wildman–Crippen LogP) is 5.59. The molecule has 1 N–H and O–H groups in total. The van der Waals surface area contributed by atoms with Crippen LogP contribution in [0.3, 0.4) is 0 Å². The lowest BCUT2D eigenvalue weighted by molar-refractivity contribution is -0.118. The summed E-state index contributed by atoms with van der Waals surface area (Å²) in [6.45, 7) is 1.68. The average molecular weight is 344 g/mol. The first-order valence-electron chi connectivity index (χ1n) is 7.22. The Morgan fingerprint density at radius 2 is 1.61 bits per heavy atom. The van der Waals surface area contributed by atoms with Crippen LogP contribution >= 0.6 is 23.2 Å². The molecule has 0 aliphatic heterocycles. The summed E-state index contributed by atoms with van der Waals surface area (Å²) in [5.74, 6) is -0.280. The van der Waals surface area contributed by atoms with Crippen LogP contribution in [0.2, 0.25) is 5.02 Å². The van der Waals surface area contributed by atoms with Crippen LogP contribution in [-0.2, 0) is 9.67 Å². The molecule has 1 atom stereocenters. The Balaban J connectivity index is 1.92. The Hall–Kier alpha value is -2.03. The summed E-state index contributed by atoms with van der Waals surface area (Å²) in [4.78, 5) is 11.5. The van der Waals surface area contributed by atoms with Gasteiger partial charge in [0.05, 0.1) is 0 Å². The summed E-state index contributed by atoms with van der Waals surface area (Å²) in [6.07, 6.45) is 0. The smallest absolute Gasteiger partial charge is 0.249 e. The number of hydrogen-bond acceptors (Lipinski definition) is 1. The third kappa shape index (κ3) is 3.19. The Bertz CT molecular complexity index is 851. The summed E-state index contributed by atoms with van der Waals surface area (Å²) in [5, 5.41) is 5.58. The fourth-order valence-electron chi connectivity index (χ4n) is 2.47. The molecule has 0 saturated carbocycles. The molecular weight excluding hydrogens is 329 g/mol. The lowest BCUT2D eigenvalue weighted by Gasteiger charge is -2.22. The topological polar surface area (TPSA) is 29.1 Å². The van der Waals surface area contributed by atoms with Gasteiger partial charge < -0.3 is 5.32 Å². The lowest BCUT2D eigenvalue weighted by Crippen LogP contribution is -2.32. The second kappa shape index (κ2) is 6.23. The van der Waals surface area contributed by atoms with Crippen molar-refractivity contribution in [1.82, 2.24) is 0 Å². The van der Waals surface area contributed by atoms with Crippen molar-refractivity contribution in [2.24, 2.45) is 0 Å². The summed E-state index contributed by atoms with van der Waals surface area (Å²) >= 11 is 12.4. The van der Waals surface area contributed by atoms with Crippen LogP contribution in [-0.4, -0.2) is 5.91 Å². The molecule has 0 radical (unpaired) electrons. The number of nitrogens with one attached hydrogen (secondary N) is 1. The van der Waals surface area contributed by atoms with Gasteiger partial charge in [-0.3, -0.25) is 4.79 Å². The Morgan fingerprint density at radius 3 is 2.35 bits per heavy atom. The first-order valence-corrected chi connectivity index (χ1v) is 7.98. The summed E-state index contributed by atoms with van der Waals surface area (Å²) in [7, 11) is 0. The number of fused-ring (bicyclic) bond motifs is 1. The Labute approximate surface area is 145 Å². The second-order valence-corrected chi connectivity index (χ2v) is 6.68. The molecule has 0 spiro atoms. The second-order valence-electron chi connectivity index (χ2n) is 5.49. The highest BCUT2D eigenvalue weighted by molar-refractivity contribution is 6.36. The van der Waals surface area contributed by atoms with Crippen LogP contribution in [0, 0.1) is 0 Å². The number of hydrogen-bond donors (Lipinski definition) is 1. The maximum atomic E-state index is 12.7. The van der Waals surface area contributed by atoms with Gasteiger partial charge in [0, 0.05) is 16.1 Å². The molecule has 0 bridgehead atoms. The van der Waals surface area contributed by atoms with Gasteiger partial charge in [0.2, 0.25) is 5.91 Å². The molecule has 0 aliphatic rings. The molecule has 3 rings (SSSR count). The number of carbonyl (C=O) groups excluding carboxylic acids is 1. The average Bonchev–Trinajstić information content (AvgIpc) is 2.55. The quantitative estimate of drug-likeness (QED) is 0.617. The van der Waals surface area contributed by atoms with E-state index in [9.17, 15) is 4.79 Å². The van der Waals surface area contributed by atoms with Crippen molar-refractivity contribution < 1.29 is 4.79 Å². The van der Waals surface area contributed by atoms with Gasteiger partial charge >= 0.3 is 0 Å². The minimum atomic E-state index is -1.18. The predicted molar refractivity (Wildman–Crippen MR) is 97.2 cm³/mol. The van der Waals surface area contributed by atoms with Gasteiger partial charge in [-0.15, -0.1) is 11.6 Å².